The van der Waals surface area contributed by atoms with Gasteiger partial charge in [-0.1, -0.05) is 0 Å². The molecule has 2 heterocycles. The SMILES string of the molecule is O=C(O)Cn1cccc1C(=O)NCC1CCOCC1. The zero-order valence-electron chi connectivity index (χ0n) is 10.7. The molecule has 1 aromatic heterocycles. The van der Waals surface area contributed by atoms with E-state index >= 15 is 0 Å². The molecule has 1 aliphatic heterocycles. The maximum absolute atomic E-state index is 12.0. The lowest BCUT2D eigenvalue weighted by atomic mass is 10.0. The van der Waals surface area contributed by atoms with Crippen LogP contribution < -0.4 is 5.32 Å². The highest BCUT2D eigenvalue weighted by atomic mass is 16.5. The Morgan fingerprint density at radius 1 is 1.42 bits per heavy atom. The summed E-state index contributed by atoms with van der Waals surface area (Å²) in [6, 6.07) is 3.30. The number of aromatic nitrogens is 1. The quantitative estimate of drug-likeness (QED) is 0.823. The Labute approximate surface area is 111 Å². The Balaban J connectivity index is 1.88. The van der Waals surface area contributed by atoms with E-state index in [0.717, 1.165) is 26.1 Å². The van der Waals surface area contributed by atoms with Gasteiger partial charge in [0.1, 0.15) is 12.2 Å². The first-order chi connectivity index (χ1) is 9.16. The minimum absolute atomic E-state index is 0.201. The lowest BCUT2D eigenvalue weighted by Crippen LogP contribution is -2.33. The molecular formula is C13H18N2O4. The van der Waals surface area contributed by atoms with Gasteiger partial charge in [0.15, 0.2) is 0 Å². The summed E-state index contributed by atoms with van der Waals surface area (Å²) in [6.45, 7) is 1.90. The lowest BCUT2D eigenvalue weighted by Gasteiger charge is -2.22. The largest absolute Gasteiger partial charge is 0.480 e. The van der Waals surface area contributed by atoms with Gasteiger partial charge < -0.3 is 19.7 Å². The average molecular weight is 266 g/mol. The minimum atomic E-state index is -0.963. The minimum Gasteiger partial charge on any atom is -0.480 e. The van der Waals surface area contributed by atoms with Crippen molar-refractivity contribution in [3.05, 3.63) is 24.0 Å². The van der Waals surface area contributed by atoms with Gasteiger partial charge in [0.25, 0.3) is 5.91 Å². The van der Waals surface area contributed by atoms with Crippen LogP contribution in [-0.2, 0) is 16.1 Å². The molecular weight excluding hydrogens is 248 g/mol. The van der Waals surface area contributed by atoms with E-state index in [1.54, 1.807) is 18.3 Å². The summed E-state index contributed by atoms with van der Waals surface area (Å²) in [5, 5.41) is 11.6. The molecule has 1 saturated heterocycles. The van der Waals surface area contributed by atoms with Gasteiger partial charge in [-0.25, -0.2) is 0 Å². The highest BCUT2D eigenvalue weighted by Gasteiger charge is 2.17. The van der Waals surface area contributed by atoms with E-state index in [4.69, 9.17) is 9.84 Å². The highest BCUT2D eigenvalue weighted by Crippen LogP contribution is 2.13. The number of aliphatic carboxylic acids is 1. The van der Waals surface area contributed by atoms with Gasteiger partial charge in [0.2, 0.25) is 0 Å². The summed E-state index contributed by atoms with van der Waals surface area (Å²) in [5.41, 5.74) is 0.384. The molecule has 2 rings (SSSR count). The molecule has 19 heavy (non-hydrogen) atoms. The van der Waals surface area contributed by atoms with Crippen LogP contribution in [0.15, 0.2) is 18.3 Å². The predicted octanol–water partition coefficient (Wildman–Crippen LogP) is 0.729. The topological polar surface area (TPSA) is 80.6 Å². The molecule has 0 bridgehead atoms. The van der Waals surface area contributed by atoms with Gasteiger partial charge in [-0.05, 0) is 30.9 Å². The molecule has 0 atom stereocenters. The van der Waals surface area contributed by atoms with Crippen molar-refractivity contribution in [2.75, 3.05) is 19.8 Å². The number of nitrogens with zero attached hydrogens (tertiary/aromatic N) is 1. The van der Waals surface area contributed by atoms with E-state index in [-0.39, 0.29) is 12.5 Å². The van der Waals surface area contributed by atoms with Gasteiger partial charge >= 0.3 is 5.97 Å². The molecule has 0 spiro atoms. The molecule has 1 aliphatic rings. The molecule has 0 radical (unpaired) electrons. The summed E-state index contributed by atoms with van der Waals surface area (Å²) < 4.78 is 6.69. The molecule has 1 aromatic rings. The van der Waals surface area contributed by atoms with E-state index in [9.17, 15) is 9.59 Å². The number of rotatable bonds is 5. The molecule has 0 aromatic carbocycles. The van der Waals surface area contributed by atoms with Gasteiger partial charge in [0.05, 0.1) is 0 Å². The summed E-state index contributed by atoms with van der Waals surface area (Å²) in [7, 11) is 0. The maximum Gasteiger partial charge on any atom is 0.323 e. The van der Waals surface area contributed by atoms with Crippen LogP contribution in [0.5, 0.6) is 0 Å². The van der Waals surface area contributed by atoms with Gasteiger partial charge in [0, 0.05) is 26.0 Å². The number of amides is 1. The summed E-state index contributed by atoms with van der Waals surface area (Å²) in [6.07, 6.45) is 3.50. The standard InChI is InChI=1S/C13H18N2O4/c16-12(17)9-15-5-1-2-11(15)13(18)14-8-10-3-6-19-7-4-10/h1-2,5,10H,3-4,6-9H2,(H,14,18)(H,16,17). The molecule has 1 amide bonds. The lowest BCUT2D eigenvalue weighted by molar-refractivity contribution is -0.137. The molecule has 0 saturated carbocycles. The maximum atomic E-state index is 12.0. The third-order valence-electron chi connectivity index (χ3n) is 3.26. The monoisotopic (exact) mass is 266 g/mol. The second kappa shape index (κ2) is 6.38. The molecule has 6 nitrogen and oxygen atoms in total. The fraction of sp³-hybridized carbons (Fsp3) is 0.538. The normalized spacial score (nSPS) is 16.2. The van der Waals surface area contributed by atoms with Crippen LogP contribution >= 0.6 is 0 Å². The van der Waals surface area contributed by atoms with E-state index in [1.165, 1.54) is 4.57 Å². The number of carbonyl (C=O) groups is 2. The third-order valence-corrected chi connectivity index (χ3v) is 3.26. The van der Waals surface area contributed by atoms with Crippen LogP contribution in [0.25, 0.3) is 0 Å². The van der Waals surface area contributed by atoms with Crippen molar-refractivity contribution in [3.8, 4) is 0 Å². The average Bonchev–Trinajstić information content (AvgIpc) is 2.84. The van der Waals surface area contributed by atoms with Crippen LogP contribution in [0.3, 0.4) is 0 Å². The fourth-order valence-electron chi connectivity index (χ4n) is 2.18. The van der Waals surface area contributed by atoms with E-state index in [1.807, 2.05) is 0 Å². The van der Waals surface area contributed by atoms with Crippen molar-refractivity contribution in [1.82, 2.24) is 9.88 Å². The first-order valence-corrected chi connectivity index (χ1v) is 6.39. The Kier molecular flexibility index (Phi) is 4.57. The number of carbonyl (C=O) groups excluding carboxylic acids is 1. The molecule has 0 aliphatic carbocycles. The Morgan fingerprint density at radius 3 is 2.84 bits per heavy atom. The summed E-state index contributed by atoms with van der Waals surface area (Å²) in [4.78, 5) is 22.7. The zero-order valence-corrected chi connectivity index (χ0v) is 10.7. The van der Waals surface area contributed by atoms with Crippen LogP contribution in [0.2, 0.25) is 0 Å². The van der Waals surface area contributed by atoms with E-state index in [2.05, 4.69) is 5.32 Å². The van der Waals surface area contributed by atoms with Crippen molar-refractivity contribution < 1.29 is 19.4 Å². The number of hydrogen-bond donors (Lipinski definition) is 2. The van der Waals surface area contributed by atoms with Crippen molar-refractivity contribution >= 4 is 11.9 Å². The smallest absolute Gasteiger partial charge is 0.323 e. The Hall–Kier alpha value is -1.82. The van der Waals surface area contributed by atoms with Crippen molar-refractivity contribution in [1.29, 1.82) is 0 Å². The molecule has 1 fully saturated rings. The summed E-state index contributed by atoms with van der Waals surface area (Å²) >= 11 is 0. The van der Waals surface area contributed by atoms with E-state index in [0.29, 0.717) is 18.2 Å². The Bertz CT molecular complexity index is 449. The van der Waals surface area contributed by atoms with Crippen LogP contribution in [0.1, 0.15) is 23.3 Å². The van der Waals surface area contributed by atoms with Crippen molar-refractivity contribution in [2.45, 2.75) is 19.4 Å². The number of carboxylic acids is 1. The van der Waals surface area contributed by atoms with Gasteiger partial charge in [-0.2, -0.15) is 0 Å². The van der Waals surface area contributed by atoms with Gasteiger partial charge in [-0.3, -0.25) is 9.59 Å². The van der Waals surface area contributed by atoms with Crippen molar-refractivity contribution in [2.24, 2.45) is 5.92 Å². The second-order valence-corrected chi connectivity index (χ2v) is 4.68. The van der Waals surface area contributed by atoms with Crippen LogP contribution in [-0.4, -0.2) is 41.3 Å². The molecule has 6 heteroatoms. The molecule has 0 unspecified atom stereocenters. The second-order valence-electron chi connectivity index (χ2n) is 4.68. The zero-order chi connectivity index (χ0) is 13.7. The number of ether oxygens (including phenoxy) is 1. The number of carboxylic acid groups (broad SMARTS) is 1. The number of nitrogens with one attached hydrogen (secondary N) is 1. The highest BCUT2D eigenvalue weighted by molar-refractivity contribution is 5.93. The first-order valence-electron chi connectivity index (χ1n) is 6.39. The molecule has 2 N–H and O–H groups in total. The van der Waals surface area contributed by atoms with E-state index < -0.39 is 5.97 Å². The van der Waals surface area contributed by atoms with Crippen molar-refractivity contribution in [3.63, 3.8) is 0 Å². The fourth-order valence-corrected chi connectivity index (χ4v) is 2.18. The van der Waals surface area contributed by atoms with Gasteiger partial charge in [-0.15, -0.1) is 0 Å². The summed E-state index contributed by atoms with van der Waals surface area (Å²) in [5.74, 6) is -0.743. The number of hydrogen-bond acceptors (Lipinski definition) is 3. The predicted molar refractivity (Wildman–Crippen MR) is 67.9 cm³/mol. The Morgan fingerprint density at radius 2 is 2.16 bits per heavy atom. The third kappa shape index (κ3) is 3.82. The van der Waals surface area contributed by atoms with Crippen LogP contribution in [0.4, 0.5) is 0 Å². The molecule has 104 valence electrons. The van der Waals surface area contributed by atoms with Crippen LogP contribution in [0, 0.1) is 5.92 Å². The first kappa shape index (κ1) is 13.6.